The molecule has 2 aliphatic rings. The first-order valence-corrected chi connectivity index (χ1v) is 10.6. The van der Waals surface area contributed by atoms with Crippen LogP contribution in [0.2, 0.25) is 0 Å². The number of aliphatic imine (C=N–C) groups is 1. The molecule has 1 spiro atoms. The monoisotopic (exact) mass is 515 g/mol. The zero-order chi connectivity index (χ0) is 20.2. The molecule has 1 aromatic rings. The summed E-state index contributed by atoms with van der Waals surface area (Å²) in [6.45, 7) is 14.4. The lowest BCUT2D eigenvalue weighted by molar-refractivity contribution is 0.156. The van der Waals surface area contributed by atoms with Gasteiger partial charge in [-0.05, 0) is 36.5 Å². The Morgan fingerprint density at radius 2 is 2.00 bits per heavy atom. The average Bonchev–Trinajstić information content (AvgIpc) is 3.31. The van der Waals surface area contributed by atoms with Crippen LogP contribution in [-0.4, -0.2) is 57.4 Å². The molecule has 1 N–H and O–H groups in total. The standard InChI is InChI=1S/C23H37N3O2.HI/c1-18(2)14-28-20-8-6-19(7-9-20)22(3,4)15-25-21(24-5)26-12-10-23(16-26)11-13-27-17-23;/h6-9,18H,10-17H2,1-5H3,(H,24,25);1H. The molecular weight excluding hydrogens is 477 g/mol. The minimum atomic E-state index is 0. The lowest BCUT2D eigenvalue weighted by Crippen LogP contribution is -2.45. The normalized spacial score (nSPS) is 22.3. The van der Waals surface area contributed by atoms with Crippen LogP contribution in [0.5, 0.6) is 5.75 Å². The van der Waals surface area contributed by atoms with Crippen molar-refractivity contribution >= 4 is 29.9 Å². The molecule has 5 nitrogen and oxygen atoms in total. The second-order valence-corrected chi connectivity index (χ2v) is 9.49. The van der Waals surface area contributed by atoms with Gasteiger partial charge in [0, 0.05) is 44.1 Å². The fourth-order valence-electron chi connectivity index (χ4n) is 4.09. The molecule has 0 amide bonds. The number of rotatable bonds is 6. The maximum Gasteiger partial charge on any atom is 0.193 e. The highest BCUT2D eigenvalue weighted by Crippen LogP contribution is 2.38. The van der Waals surface area contributed by atoms with E-state index in [4.69, 9.17) is 9.47 Å². The van der Waals surface area contributed by atoms with Gasteiger partial charge in [-0.3, -0.25) is 4.99 Å². The summed E-state index contributed by atoms with van der Waals surface area (Å²) in [6.07, 6.45) is 2.38. The Morgan fingerprint density at radius 3 is 2.59 bits per heavy atom. The fourth-order valence-corrected chi connectivity index (χ4v) is 4.09. The molecule has 6 heteroatoms. The Kier molecular flexibility index (Phi) is 8.64. The van der Waals surface area contributed by atoms with E-state index in [1.54, 1.807) is 0 Å². The number of benzene rings is 1. The lowest BCUT2D eigenvalue weighted by atomic mass is 9.84. The molecule has 29 heavy (non-hydrogen) atoms. The van der Waals surface area contributed by atoms with E-state index >= 15 is 0 Å². The van der Waals surface area contributed by atoms with Gasteiger partial charge in [0.1, 0.15) is 5.75 Å². The Balaban J connectivity index is 0.00000300. The molecule has 0 aromatic heterocycles. The summed E-state index contributed by atoms with van der Waals surface area (Å²) in [5.41, 5.74) is 1.65. The van der Waals surface area contributed by atoms with Crippen LogP contribution in [0.3, 0.4) is 0 Å². The highest BCUT2D eigenvalue weighted by molar-refractivity contribution is 14.0. The summed E-state index contributed by atoms with van der Waals surface area (Å²) < 4.78 is 11.5. The van der Waals surface area contributed by atoms with E-state index in [-0.39, 0.29) is 29.4 Å². The topological polar surface area (TPSA) is 46.1 Å². The van der Waals surface area contributed by atoms with Crippen LogP contribution in [0, 0.1) is 11.3 Å². The smallest absolute Gasteiger partial charge is 0.193 e. The SMILES string of the molecule is CN=C(NCC(C)(C)c1ccc(OCC(C)C)cc1)N1CCC2(CCOC2)C1.I. The third-order valence-corrected chi connectivity index (χ3v) is 6.04. The van der Waals surface area contributed by atoms with E-state index in [1.807, 2.05) is 7.05 Å². The third kappa shape index (κ3) is 6.23. The zero-order valence-corrected chi connectivity index (χ0v) is 21.0. The second-order valence-electron chi connectivity index (χ2n) is 9.49. The number of hydrogen-bond donors (Lipinski definition) is 1. The lowest BCUT2D eigenvalue weighted by Gasteiger charge is -2.30. The van der Waals surface area contributed by atoms with Gasteiger partial charge in [-0.15, -0.1) is 24.0 Å². The average molecular weight is 515 g/mol. The van der Waals surface area contributed by atoms with Crippen LogP contribution in [0.4, 0.5) is 0 Å². The van der Waals surface area contributed by atoms with Gasteiger partial charge in [-0.25, -0.2) is 0 Å². The van der Waals surface area contributed by atoms with Gasteiger partial charge in [0.05, 0.1) is 13.2 Å². The van der Waals surface area contributed by atoms with Crippen molar-refractivity contribution in [3.63, 3.8) is 0 Å². The number of likely N-dealkylation sites (tertiary alicyclic amines) is 1. The number of nitrogens with zero attached hydrogens (tertiary/aromatic N) is 2. The van der Waals surface area contributed by atoms with Gasteiger partial charge < -0.3 is 19.7 Å². The van der Waals surface area contributed by atoms with E-state index in [0.717, 1.165) is 51.2 Å². The quantitative estimate of drug-likeness (QED) is 0.349. The number of nitrogens with one attached hydrogen (secondary N) is 1. The van der Waals surface area contributed by atoms with Crippen molar-refractivity contribution in [2.75, 3.05) is 46.5 Å². The Morgan fingerprint density at radius 1 is 1.28 bits per heavy atom. The van der Waals surface area contributed by atoms with E-state index in [0.29, 0.717) is 11.3 Å². The predicted molar refractivity (Wildman–Crippen MR) is 131 cm³/mol. The van der Waals surface area contributed by atoms with E-state index < -0.39 is 0 Å². The summed E-state index contributed by atoms with van der Waals surface area (Å²) in [7, 11) is 1.88. The van der Waals surface area contributed by atoms with Crippen molar-refractivity contribution in [1.82, 2.24) is 10.2 Å². The summed E-state index contributed by atoms with van der Waals surface area (Å²) >= 11 is 0. The van der Waals surface area contributed by atoms with Crippen LogP contribution < -0.4 is 10.1 Å². The van der Waals surface area contributed by atoms with Crippen LogP contribution >= 0.6 is 24.0 Å². The molecule has 3 rings (SSSR count). The highest BCUT2D eigenvalue weighted by atomic mass is 127. The van der Waals surface area contributed by atoms with Gasteiger partial charge in [0.2, 0.25) is 0 Å². The molecule has 0 bridgehead atoms. The Hall–Kier alpha value is -1.02. The third-order valence-electron chi connectivity index (χ3n) is 6.04. The zero-order valence-electron chi connectivity index (χ0n) is 18.7. The van der Waals surface area contributed by atoms with Crippen LogP contribution in [-0.2, 0) is 10.2 Å². The largest absolute Gasteiger partial charge is 0.493 e. The second kappa shape index (κ2) is 10.3. The van der Waals surface area contributed by atoms with E-state index in [1.165, 1.54) is 18.4 Å². The first-order valence-electron chi connectivity index (χ1n) is 10.6. The van der Waals surface area contributed by atoms with Crippen molar-refractivity contribution in [3.05, 3.63) is 29.8 Å². The molecular formula is C23H38IN3O2. The van der Waals surface area contributed by atoms with E-state index in [9.17, 15) is 0 Å². The van der Waals surface area contributed by atoms with Crippen molar-refractivity contribution in [2.45, 2.75) is 46.0 Å². The molecule has 2 fully saturated rings. The molecule has 2 saturated heterocycles. The molecule has 164 valence electrons. The first-order chi connectivity index (χ1) is 13.3. The molecule has 0 radical (unpaired) electrons. The maximum atomic E-state index is 5.81. The molecule has 1 aromatic carbocycles. The summed E-state index contributed by atoms with van der Waals surface area (Å²) in [5, 5.41) is 3.62. The van der Waals surface area contributed by atoms with E-state index in [2.05, 4.69) is 67.2 Å². The Labute approximate surface area is 193 Å². The number of guanidine groups is 1. The predicted octanol–water partition coefficient (Wildman–Crippen LogP) is 4.30. The molecule has 2 heterocycles. The number of halogens is 1. The van der Waals surface area contributed by atoms with Gasteiger partial charge in [-0.1, -0.05) is 39.8 Å². The minimum absolute atomic E-state index is 0. The fraction of sp³-hybridized carbons (Fsp3) is 0.696. The summed E-state index contributed by atoms with van der Waals surface area (Å²) in [4.78, 5) is 6.94. The molecule has 0 saturated carbocycles. The highest BCUT2D eigenvalue weighted by Gasteiger charge is 2.42. The minimum Gasteiger partial charge on any atom is -0.493 e. The molecule has 2 aliphatic heterocycles. The Bertz CT molecular complexity index is 667. The van der Waals surface area contributed by atoms with Crippen molar-refractivity contribution in [1.29, 1.82) is 0 Å². The van der Waals surface area contributed by atoms with Gasteiger partial charge in [-0.2, -0.15) is 0 Å². The maximum absolute atomic E-state index is 5.81. The van der Waals surface area contributed by atoms with Crippen molar-refractivity contribution in [2.24, 2.45) is 16.3 Å². The van der Waals surface area contributed by atoms with Gasteiger partial charge in [0.15, 0.2) is 5.96 Å². The molecule has 1 unspecified atom stereocenters. The molecule has 0 aliphatic carbocycles. The number of hydrogen-bond acceptors (Lipinski definition) is 3. The van der Waals surface area contributed by atoms with Crippen molar-refractivity contribution < 1.29 is 9.47 Å². The summed E-state index contributed by atoms with van der Waals surface area (Å²) in [5.74, 6) is 2.49. The molecule has 1 atom stereocenters. The first kappa shape index (κ1) is 24.3. The number of ether oxygens (including phenoxy) is 2. The van der Waals surface area contributed by atoms with Crippen LogP contribution in [0.15, 0.2) is 29.3 Å². The summed E-state index contributed by atoms with van der Waals surface area (Å²) in [6, 6.07) is 8.53. The van der Waals surface area contributed by atoms with Crippen molar-refractivity contribution in [3.8, 4) is 5.75 Å². The van der Waals surface area contributed by atoms with Gasteiger partial charge >= 0.3 is 0 Å². The van der Waals surface area contributed by atoms with Crippen LogP contribution in [0.25, 0.3) is 0 Å². The van der Waals surface area contributed by atoms with Gasteiger partial charge in [0.25, 0.3) is 0 Å². The van der Waals surface area contributed by atoms with Crippen LogP contribution in [0.1, 0.15) is 46.1 Å².